The highest BCUT2D eigenvalue weighted by Gasteiger charge is 2.74. The van der Waals surface area contributed by atoms with Gasteiger partial charge in [-0.1, -0.05) is 0 Å². The van der Waals surface area contributed by atoms with Gasteiger partial charge in [-0.15, -0.1) is 0 Å². The molecule has 2 unspecified atom stereocenters. The third kappa shape index (κ3) is 3.01. The van der Waals surface area contributed by atoms with E-state index in [9.17, 15) is 24.6 Å². The molecule has 0 aromatic rings. The fraction of sp³-hybridized carbons (Fsp3) is 0.792. The Bertz CT molecular complexity index is 1100. The summed E-state index contributed by atoms with van der Waals surface area (Å²) in [4.78, 5) is 49.9. The fourth-order valence-electron chi connectivity index (χ4n) is 8.95. The van der Waals surface area contributed by atoms with Crippen LogP contribution in [-0.2, 0) is 14.4 Å². The monoisotopic (exact) mass is 514 g/mol. The van der Waals surface area contributed by atoms with Crippen molar-refractivity contribution < 1.29 is 24.6 Å². The molecule has 1 spiro atoms. The van der Waals surface area contributed by atoms with Gasteiger partial charge < -0.3 is 37.2 Å². The van der Waals surface area contributed by atoms with E-state index in [2.05, 4.69) is 20.6 Å². The van der Waals surface area contributed by atoms with Crippen LogP contribution in [-0.4, -0.2) is 92.3 Å². The number of aliphatic imine (C=N–C) groups is 2. The van der Waals surface area contributed by atoms with Crippen molar-refractivity contribution in [2.24, 2.45) is 44.6 Å². The first-order chi connectivity index (χ1) is 17.5. The lowest BCUT2D eigenvalue weighted by molar-refractivity contribution is -0.232. The highest BCUT2D eigenvalue weighted by Crippen LogP contribution is 2.60. The number of amides is 3. The van der Waals surface area contributed by atoms with Crippen LogP contribution in [0.2, 0.25) is 0 Å². The second kappa shape index (κ2) is 7.34. The Balaban J connectivity index is 1.18. The number of carbonyl (C=O) groups is 3. The summed E-state index contributed by atoms with van der Waals surface area (Å²) in [5.74, 6) is -1.65. The Hall–Kier alpha value is -2.93. The molecule has 4 aliphatic carbocycles. The number of aliphatic hydroxyl groups is 2. The predicted octanol–water partition coefficient (Wildman–Crippen LogP) is -2.49. The molecule has 37 heavy (non-hydrogen) atoms. The number of hydrogen-bond donors (Lipinski definition) is 6. The van der Waals surface area contributed by atoms with Crippen LogP contribution < -0.4 is 22.1 Å². The van der Waals surface area contributed by atoms with Crippen molar-refractivity contribution in [2.75, 3.05) is 13.1 Å². The molecule has 0 aromatic heterocycles. The quantitative estimate of drug-likeness (QED) is 0.174. The van der Waals surface area contributed by atoms with E-state index in [1.807, 2.05) is 0 Å². The summed E-state index contributed by atoms with van der Waals surface area (Å²) in [6.07, 6.45) is 6.35. The fourth-order valence-corrected chi connectivity index (χ4v) is 8.95. The molecule has 2 saturated heterocycles. The maximum Gasteiger partial charge on any atom is 0.231 e. The van der Waals surface area contributed by atoms with E-state index in [-0.39, 0.29) is 55.6 Å². The van der Waals surface area contributed by atoms with Gasteiger partial charge in [-0.3, -0.25) is 19.3 Å². The van der Waals surface area contributed by atoms with Crippen LogP contribution >= 0.6 is 0 Å². The molecule has 13 heteroatoms. The Morgan fingerprint density at radius 1 is 1.03 bits per heavy atom. The van der Waals surface area contributed by atoms with Crippen LogP contribution in [0.25, 0.3) is 0 Å². The zero-order valence-corrected chi connectivity index (χ0v) is 20.6. The van der Waals surface area contributed by atoms with E-state index in [0.29, 0.717) is 17.8 Å². The molecular weight excluding hydrogens is 480 g/mol. The number of nitrogens with zero attached hydrogens (tertiary/aromatic N) is 4. The lowest BCUT2D eigenvalue weighted by Gasteiger charge is -2.56. The maximum absolute atomic E-state index is 13.8. The zero-order valence-electron chi connectivity index (χ0n) is 20.6. The van der Waals surface area contributed by atoms with Crippen molar-refractivity contribution in [3.63, 3.8) is 0 Å². The summed E-state index contributed by atoms with van der Waals surface area (Å²) < 4.78 is 0. The molecule has 8 aliphatic rings. The summed E-state index contributed by atoms with van der Waals surface area (Å²) in [6.45, 7) is -0.113. The third-order valence-corrected chi connectivity index (χ3v) is 10.2. The molecule has 4 heterocycles. The summed E-state index contributed by atoms with van der Waals surface area (Å²) >= 11 is 0. The molecule has 6 fully saturated rings. The van der Waals surface area contributed by atoms with Gasteiger partial charge in [-0.25, -0.2) is 9.98 Å². The number of carbonyl (C=O) groups excluding carboxylic acids is 3. The van der Waals surface area contributed by atoms with Crippen molar-refractivity contribution in [2.45, 2.75) is 80.9 Å². The highest BCUT2D eigenvalue weighted by atomic mass is 16.5. The maximum atomic E-state index is 13.8. The number of imide groups is 1. The topological polar surface area (TPSA) is 199 Å². The van der Waals surface area contributed by atoms with Gasteiger partial charge in [-0.2, -0.15) is 0 Å². The molecule has 4 bridgehead atoms. The number of nitrogens with two attached hydrogens (primary N) is 2. The van der Waals surface area contributed by atoms with E-state index in [4.69, 9.17) is 11.5 Å². The van der Waals surface area contributed by atoms with E-state index in [0.717, 1.165) is 24.2 Å². The van der Waals surface area contributed by atoms with Crippen molar-refractivity contribution in [1.29, 1.82) is 0 Å². The van der Waals surface area contributed by atoms with Crippen molar-refractivity contribution in [3.05, 3.63) is 0 Å². The van der Waals surface area contributed by atoms with E-state index in [1.54, 1.807) is 0 Å². The number of hydrogen-bond acceptors (Lipinski definition) is 11. The van der Waals surface area contributed by atoms with E-state index >= 15 is 0 Å². The first-order valence-electron chi connectivity index (χ1n) is 13.3. The molecule has 13 nitrogen and oxygen atoms in total. The van der Waals surface area contributed by atoms with Gasteiger partial charge >= 0.3 is 0 Å². The van der Waals surface area contributed by atoms with E-state index < -0.39 is 35.0 Å². The lowest BCUT2D eigenvalue weighted by Crippen LogP contribution is -2.78. The number of likely N-dealkylation sites (tertiary alicyclic amines) is 1. The predicted molar refractivity (Wildman–Crippen MR) is 129 cm³/mol. The van der Waals surface area contributed by atoms with Gasteiger partial charge in [0.25, 0.3) is 0 Å². The molecule has 0 radical (unpaired) electrons. The molecule has 4 saturated carbocycles. The number of guanidine groups is 2. The van der Waals surface area contributed by atoms with Crippen LogP contribution in [0.15, 0.2) is 9.98 Å². The van der Waals surface area contributed by atoms with Crippen LogP contribution in [0.3, 0.4) is 0 Å². The van der Waals surface area contributed by atoms with Crippen LogP contribution in [0.4, 0.5) is 0 Å². The van der Waals surface area contributed by atoms with Gasteiger partial charge in [0.2, 0.25) is 23.5 Å². The Morgan fingerprint density at radius 2 is 1.62 bits per heavy atom. The average Bonchev–Trinajstić information content (AvgIpc) is 3.41. The van der Waals surface area contributed by atoms with Gasteiger partial charge in [0, 0.05) is 24.8 Å². The number of nitrogens with one attached hydrogen (secondary N) is 2. The summed E-state index contributed by atoms with van der Waals surface area (Å²) in [6, 6.07) is -2.89. The largest absolute Gasteiger partial charge is 0.370 e. The number of rotatable bonds is 4. The molecule has 200 valence electrons. The molecule has 0 aromatic carbocycles. The van der Waals surface area contributed by atoms with Crippen LogP contribution in [0.5, 0.6) is 0 Å². The Labute approximate surface area is 213 Å². The molecule has 8 N–H and O–H groups in total. The Kier molecular flexibility index (Phi) is 4.60. The van der Waals surface area contributed by atoms with Gasteiger partial charge in [0.15, 0.2) is 17.6 Å². The SMILES string of the molecule is NC1=N[C@H]2C(CN3C(=O)CCC3=O)N=C(N)N3CC(NC(=O)C45CC6CC(CC(C6)C4)C5)C(O)(O)[C@]23N1. The first kappa shape index (κ1) is 23.2. The van der Waals surface area contributed by atoms with Crippen molar-refractivity contribution >= 4 is 29.6 Å². The smallest absolute Gasteiger partial charge is 0.231 e. The standard InChI is InChI=1S/C24H34N8O5/c25-20-29-18-14(9-31-16(33)1-2-17(31)34)27-21(26)32-10-15(24(36,37)23(18,32)30-20)28-19(35)22-6-11-3-12(7-22)5-13(4-11)8-22/h11-15,18,36-37H,1-10H2,(H2,26,27)(H,28,35)(H3,25,29,30)/t11?,12?,13?,14?,15?,18-,22?,23-/m0/s1. The minimum atomic E-state index is -2.53. The molecule has 8 rings (SSSR count). The van der Waals surface area contributed by atoms with Crippen LogP contribution in [0.1, 0.15) is 51.4 Å². The minimum Gasteiger partial charge on any atom is -0.370 e. The van der Waals surface area contributed by atoms with Gasteiger partial charge in [-0.05, 0) is 56.3 Å². The van der Waals surface area contributed by atoms with Crippen molar-refractivity contribution in [3.8, 4) is 0 Å². The second-order valence-electron chi connectivity index (χ2n) is 12.4. The molecule has 3 amide bonds. The summed E-state index contributed by atoms with van der Waals surface area (Å²) in [7, 11) is 0. The normalized spacial score (nSPS) is 44.9. The lowest BCUT2D eigenvalue weighted by atomic mass is 9.49. The summed E-state index contributed by atoms with van der Waals surface area (Å²) in [5, 5.41) is 29.3. The Morgan fingerprint density at radius 3 is 2.22 bits per heavy atom. The second-order valence-corrected chi connectivity index (χ2v) is 12.4. The average molecular weight is 515 g/mol. The molecular formula is C24H34N8O5. The van der Waals surface area contributed by atoms with Crippen LogP contribution in [0, 0.1) is 23.2 Å². The molecule has 4 atom stereocenters. The minimum absolute atomic E-state index is 0.00299. The highest BCUT2D eigenvalue weighted by molar-refractivity contribution is 6.02. The third-order valence-electron chi connectivity index (χ3n) is 10.2. The first-order valence-corrected chi connectivity index (χ1v) is 13.3. The van der Waals surface area contributed by atoms with Crippen molar-refractivity contribution in [1.82, 2.24) is 20.4 Å². The molecule has 4 aliphatic heterocycles. The van der Waals surface area contributed by atoms with Gasteiger partial charge in [0.05, 0.1) is 12.6 Å². The van der Waals surface area contributed by atoms with E-state index in [1.165, 1.54) is 24.2 Å². The summed E-state index contributed by atoms with van der Waals surface area (Å²) in [5.41, 5.74) is 10.2. The van der Waals surface area contributed by atoms with Gasteiger partial charge in [0.1, 0.15) is 12.1 Å². The zero-order chi connectivity index (χ0) is 25.9.